The molecule has 1 fully saturated rings. The zero-order valence-electron chi connectivity index (χ0n) is 10.5. The quantitative estimate of drug-likeness (QED) is 0.662. The summed E-state index contributed by atoms with van der Waals surface area (Å²) in [7, 11) is 0. The summed E-state index contributed by atoms with van der Waals surface area (Å²) in [4.78, 5) is 22.7. The number of hydrogen-bond donors (Lipinski definition) is 3. The van der Waals surface area contributed by atoms with Crippen LogP contribution in [0.3, 0.4) is 0 Å². The third kappa shape index (κ3) is 4.00. The minimum Gasteiger partial charge on any atom is -0.481 e. The van der Waals surface area contributed by atoms with E-state index in [1.165, 1.54) is 0 Å². The molecule has 98 valence electrons. The number of amides is 1. The molecule has 0 bridgehead atoms. The molecule has 1 saturated carbocycles. The largest absolute Gasteiger partial charge is 0.481 e. The van der Waals surface area contributed by atoms with Crippen molar-refractivity contribution in [3.05, 3.63) is 0 Å². The van der Waals surface area contributed by atoms with Crippen molar-refractivity contribution in [2.75, 3.05) is 0 Å². The lowest BCUT2D eigenvalue weighted by atomic mass is 9.98. The third-order valence-corrected chi connectivity index (χ3v) is 3.43. The van der Waals surface area contributed by atoms with Gasteiger partial charge in [0.15, 0.2) is 0 Å². The van der Waals surface area contributed by atoms with Crippen LogP contribution in [0.1, 0.15) is 39.5 Å². The molecule has 17 heavy (non-hydrogen) atoms. The second-order valence-corrected chi connectivity index (χ2v) is 5.16. The van der Waals surface area contributed by atoms with E-state index in [0.29, 0.717) is 0 Å². The van der Waals surface area contributed by atoms with Crippen LogP contribution in [0.5, 0.6) is 0 Å². The summed E-state index contributed by atoms with van der Waals surface area (Å²) in [6, 6.07) is -0.388. The van der Waals surface area contributed by atoms with Crippen LogP contribution in [0.4, 0.5) is 0 Å². The highest BCUT2D eigenvalue weighted by Crippen LogP contribution is 2.24. The van der Waals surface area contributed by atoms with Crippen LogP contribution in [0, 0.1) is 11.8 Å². The van der Waals surface area contributed by atoms with E-state index in [-0.39, 0.29) is 36.2 Å². The number of carbonyl (C=O) groups excluding carboxylic acids is 1. The van der Waals surface area contributed by atoms with E-state index >= 15 is 0 Å². The average Bonchev–Trinajstić information content (AvgIpc) is 2.62. The fraction of sp³-hybridized carbons (Fsp3) is 0.833. The zero-order valence-corrected chi connectivity index (χ0v) is 10.5. The third-order valence-electron chi connectivity index (χ3n) is 3.43. The van der Waals surface area contributed by atoms with Gasteiger partial charge in [-0.3, -0.25) is 9.59 Å². The van der Waals surface area contributed by atoms with Crippen LogP contribution in [-0.2, 0) is 9.59 Å². The topological polar surface area (TPSA) is 92.4 Å². The molecule has 0 spiro atoms. The second-order valence-electron chi connectivity index (χ2n) is 5.16. The van der Waals surface area contributed by atoms with Gasteiger partial charge in [0.05, 0.1) is 12.3 Å². The number of carboxylic acids is 1. The Kier molecular flexibility index (Phi) is 4.93. The Labute approximate surface area is 102 Å². The standard InChI is InChI=1S/C12H22N2O3/c1-7(2)10(6-11(15)16)14-12(17)8-4-3-5-9(8)13/h7-10H,3-6,13H2,1-2H3,(H,14,17)(H,15,16). The Morgan fingerprint density at radius 3 is 2.47 bits per heavy atom. The minimum atomic E-state index is -0.889. The number of nitrogens with two attached hydrogens (primary N) is 1. The first kappa shape index (κ1) is 14.0. The van der Waals surface area contributed by atoms with Crippen molar-refractivity contribution in [2.24, 2.45) is 17.6 Å². The predicted octanol–water partition coefficient (Wildman–Crippen LogP) is 0.729. The Morgan fingerprint density at radius 1 is 1.41 bits per heavy atom. The molecule has 0 aromatic carbocycles. The Morgan fingerprint density at radius 2 is 2.06 bits per heavy atom. The smallest absolute Gasteiger partial charge is 0.305 e. The summed E-state index contributed by atoms with van der Waals surface area (Å²) in [5.41, 5.74) is 5.86. The molecule has 0 radical (unpaired) electrons. The van der Waals surface area contributed by atoms with Gasteiger partial charge in [0, 0.05) is 12.1 Å². The Bertz CT molecular complexity index is 291. The van der Waals surface area contributed by atoms with Crippen molar-refractivity contribution in [1.82, 2.24) is 5.32 Å². The van der Waals surface area contributed by atoms with Gasteiger partial charge in [0.1, 0.15) is 0 Å². The SMILES string of the molecule is CC(C)C(CC(=O)O)NC(=O)C1CCCC1N. The molecule has 0 saturated heterocycles. The highest BCUT2D eigenvalue weighted by atomic mass is 16.4. The molecule has 3 unspecified atom stereocenters. The minimum absolute atomic E-state index is 0.0363. The zero-order chi connectivity index (χ0) is 13.0. The molecular formula is C12H22N2O3. The lowest BCUT2D eigenvalue weighted by molar-refractivity contribution is -0.138. The fourth-order valence-corrected chi connectivity index (χ4v) is 2.25. The molecule has 1 amide bonds. The van der Waals surface area contributed by atoms with Crippen molar-refractivity contribution < 1.29 is 14.7 Å². The van der Waals surface area contributed by atoms with E-state index < -0.39 is 5.97 Å². The highest BCUT2D eigenvalue weighted by molar-refractivity contribution is 5.80. The average molecular weight is 242 g/mol. The van der Waals surface area contributed by atoms with Crippen LogP contribution in [0.15, 0.2) is 0 Å². The number of carboxylic acid groups (broad SMARTS) is 1. The van der Waals surface area contributed by atoms with E-state index in [1.807, 2.05) is 13.8 Å². The molecule has 3 atom stereocenters. The molecule has 1 aliphatic carbocycles. The van der Waals surface area contributed by atoms with Crippen LogP contribution in [0.2, 0.25) is 0 Å². The van der Waals surface area contributed by atoms with Crippen LogP contribution in [-0.4, -0.2) is 29.1 Å². The van der Waals surface area contributed by atoms with Gasteiger partial charge in [-0.1, -0.05) is 20.3 Å². The molecule has 0 aliphatic heterocycles. The van der Waals surface area contributed by atoms with Gasteiger partial charge in [-0.25, -0.2) is 0 Å². The molecule has 4 N–H and O–H groups in total. The lowest BCUT2D eigenvalue weighted by Gasteiger charge is -2.24. The monoisotopic (exact) mass is 242 g/mol. The first-order valence-corrected chi connectivity index (χ1v) is 6.19. The molecule has 0 heterocycles. The maximum absolute atomic E-state index is 12.0. The molecule has 5 nitrogen and oxygen atoms in total. The summed E-state index contributed by atoms with van der Waals surface area (Å²) in [5, 5.41) is 11.6. The van der Waals surface area contributed by atoms with Gasteiger partial charge >= 0.3 is 5.97 Å². The van der Waals surface area contributed by atoms with Crippen LogP contribution in [0.25, 0.3) is 0 Å². The normalized spacial score (nSPS) is 25.9. The lowest BCUT2D eigenvalue weighted by Crippen LogP contribution is -2.46. The summed E-state index contributed by atoms with van der Waals surface area (Å²) < 4.78 is 0. The van der Waals surface area contributed by atoms with Crippen molar-refractivity contribution in [3.8, 4) is 0 Å². The number of aliphatic carboxylic acids is 1. The van der Waals surface area contributed by atoms with Crippen LogP contribution >= 0.6 is 0 Å². The number of rotatable bonds is 5. The van der Waals surface area contributed by atoms with Gasteiger partial charge < -0.3 is 16.2 Å². The summed E-state index contributed by atoms with van der Waals surface area (Å²) in [5.74, 6) is -1.02. The molecule has 0 aromatic heterocycles. The molecular weight excluding hydrogens is 220 g/mol. The van der Waals surface area contributed by atoms with Gasteiger partial charge in [0.2, 0.25) is 5.91 Å². The van der Waals surface area contributed by atoms with Gasteiger partial charge in [0.25, 0.3) is 0 Å². The van der Waals surface area contributed by atoms with Crippen molar-refractivity contribution in [1.29, 1.82) is 0 Å². The maximum Gasteiger partial charge on any atom is 0.305 e. The summed E-state index contributed by atoms with van der Waals surface area (Å²) >= 11 is 0. The summed E-state index contributed by atoms with van der Waals surface area (Å²) in [6.07, 6.45) is 2.63. The van der Waals surface area contributed by atoms with Crippen LogP contribution < -0.4 is 11.1 Å². The van der Waals surface area contributed by atoms with Crippen molar-refractivity contribution >= 4 is 11.9 Å². The number of nitrogens with one attached hydrogen (secondary N) is 1. The number of hydrogen-bond acceptors (Lipinski definition) is 3. The predicted molar refractivity (Wildman–Crippen MR) is 64.3 cm³/mol. The fourth-order valence-electron chi connectivity index (χ4n) is 2.25. The van der Waals surface area contributed by atoms with E-state index in [2.05, 4.69) is 5.32 Å². The molecule has 0 aromatic rings. The maximum atomic E-state index is 12.0. The van der Waals surface area contributed by atoms with Gasteiger partial charge in [-0.15, -0.1) is 0 Å². The number of carbonyl (C=O) groups is 2. The van der Waals surface area contributed by atoms with E-state index in [4.69, 9.17) is 10.8 Å². The van der Waals surface area contributed by atoms with E-state index in [9.17, 15) is 9.59 Å². The molecule has 1 aliphatic rings. The summed E-state index contributed by atoms with van der Waals surface area (Å²) in [6.45, 7) is 3.81. The van der Waals surface area contributed by atoms with Crippen molar-refractivity contribution in [3.63, 3.8) is 0 Å². The van der Waals surface area contributed by atoms with Gasteiger partial charge in [-0.2, -0.15) is 0 Å². The van der Waals surface area contributed by atoms with E-state index in [0.717, 1.165) is 19.3 Å². The molecule has 1 rings (SSSR count). The Balaban J connectivity index is 2.54. The first-order chi connectivity index (χ1) is 7.91. The van der Waals surface area contributed by atoms with Crippen molar-refractivity contribution in [2.45, 2.75) is 51.6 Å². The van der Waals surface area contributed by atoms with E-state index in [1.54, 1.807) is 0 Å². The molecule has 5 heteroatoms. The second kappa shape index (κ2) is 6.00. The van der Waals surface area contributed by atoms with Gasteiger partial charge in [-0.05, 0) is 18.8 Å². The highest BCUT2D eigenvalue weighted by Gasteiger charge is 2.32. The Hall–Kier alpha value is -1.10. The first-order valence-electron chi connectivity index (χ1n) is 6.19.